The Morgan fingerprint density at radius 1 is 1.18 bits per heavy atom. The molecule has 0 unspecified atom stereocenters. The number of halogens is 1. The normalized spacial score (nSPS) is 16.1. The highest BCUT2D eigenvalue weighted by Crippen LogP contribution is 2.28. The fraction of sp³-hybridized carbons (Fsp3) is 0.500. The standard InChI is InChI=1S/C18H23FN2S/c1-13-18(14-7-9-15(19)10-8-14)21-17(22-13)11-12-20-16-5-3-2-4-6-16/h7-10,16,20H,2-6,11-12H2,1H3. The van der Waals surface area contributed by atoms with Crippen molar-refractivity contribution < 1.29 is 4.39 Å². The highest BCUT2D eigenvalue weighted by molar-refractivity contribution is 7.12. The van der Waals surface area contributed by atoms with Crippen LogP contribution in [0.4, 0.5) is 4.39 Å². The highest BCUT2D eigenvalue weighted by Gasteiger charge is 2.13. The molecular formula is C18H23FN2S. The van der Waals surface area contributed by atoms with Gasteiger partial charge in [-0.2, -0.15) is 0 Å². The Labute approximate surface area is 135 Å². The number of rotatable bonds is 5. The fourth-order valence-corrected chi connectivity index (χ4v) is 4.08. The molecule has 0 saturated heterocycles. The third kappa shape index (κ3) is 3.93. The van der Waals surface area contributed by atoms with Crippen LogP contribution in [0.2, 0.25) is 0 Å². The summed E-state index contributed by atoms with van der Waals surface area (Å²) in [6, 6.07) is 7.31. The van der Waals surface area contributed by atoms with Crippen molar-refractivity contribution in [2.24, 2.45) is 0 Å². The van der Waals surface area contributed by atoms with E-state index in [0.29, 0.717) is 6.04 Å². The molecule has 3 rings (SSSR count). The first-order chi connectivity index (χ1) is 10.7. The largest absolute Gasteiger partial charge is 0.314 e. The molecule has 2 aromatic rings. The van der Waals surface area contributed by atoms with Crippen molar-refractivity contribution in [2.75, 3.05) is 6.54 Å². The molecule has 22 heavy (non-hydrogen) atoms. The van der Waals surface area contributed by atoms with Gasteiger partial charge in [0.25, 0.3) is 0 Å². The van der Waals surface area contributed by atoms with Gasteiger partial charge in [-0.15, -0.1) is 11.3 Å². The SMILES string of the molecule is Cc1sc(CCNC2CCCCC2)nc1-c1ccc(F)cc1. The molecule has 1 aliphatic carbocycles. The number of aromatic nitrogens is 1. The summed E-state index contributed by atoms with van der Waals surface area (Å²) in [6.45, 7) is 3.09. The van der Waals surface area contributed by atoms with E-state index in [9.17, 15) is 4.39 Å². The second kappa shape index (κ2) is 7.34. The molecular weight excluding hydrogens is 295 g/mol. The minimum absolute atomic E-state index is 0.200. The predicted molar refractivity (Wildman–Crippen MR) is 90.8 cm³/mol. The summed E-state index contributed by atoms with van der Waals surface area (Å²) in [5, 5.41) is 4.83. The lowest BCUT2D eigenvalue weighted by molar-refractivity contribution is 0.375. The van der Waals surface area contributed by atoms with Gasteiger partial charge in [-0.1, -0.05) is 19.3 Å². The third-order valence-corrected chi connectivity index (χ3v) is 5.37. The van der Waals surface area contributed by atoms with Crippen LogP contribution in [0, 0.1) is 12.7 Å². The first-order valence-electron chi connectivity index (χ1n) is 8.18. The van der Waals surface area contributed by atoms with Gasteiger partial charge in [0.15, 0.2) is 0 Å². The van der Waals surface area contributed by atoms with Crippen molar-refractivity contribution in [2.45, 2.75) is 51.5 Å². The van der Waals surface area contributed by atoms with Crippen molar-refractivity contribution in [1.82, 2.24) is 10.3 Å². The number of hydrogen-bond acceptors (Lipinski definition) is 3. The molecule has 118 valence electrons. The van der Waals surface area contributed by atoms with E-state index in [1.165, 1.54) is 54.1 Å². The molecule has 1 heterocycles. The van der Waals surface area contributed by atoms with E-state index in [4.69, 9.17) is 4.98 Å². The van der Waals surface area contributed by atoms with Crippen LogP contribution >= 0.6 is 11.3 Å². The van der Waals surface area contributed by atoms with Gasteiger partial charge < -0.3 is 5.32 Å². The van der Waals surface area contributed by atoms with Crippen LogP contribution in [0.3, 0.4) is 0 Å². The van der Waals surface area contributed by atoms with Gasteiger partial charge in [-0.25, -0.2) is 9.37 Å². The Bertz CT molecular complexity index is 600. The van der Waals surface area contributed by atoms with Gasteiger partial charge in [-0.3, -0.25) is 0 Å². The molecule has 1 N–H and O–H groups in total. The Morgan fingerprint density at radius 2 is 1.91 bits per heavy atom. The minimum atomic E-state index is -0.200. The van der Waals surface area contributed by atoms with Gasteiger partial charge in [0.05, 0.1) is 10.7 Å². The van der Waals surface area contributed by atoms with E-state index in [-0.39, 0.29) is 5.82 Å². The molecule has 0 radical (unpaired) electrons. The number of nitrogens with one attached hydrogen (secondary N) is 1. The quantitative estimate of drug-likeness (QED) is 0.862. The molecule has 0 aliphatic heterocycles. The molecule has 1 aromatic heterocycles. The van der Waals surface area contributed by atoms with Gasteiger partial charge in [0, 0.05) is 29.4 Å². The second-order valence-electron chi connectivity index (χ2n) is 6.06. The van der Waals surface area contributed by atoms with E-state index in [0.717, 1.165) is 24.2 Å². The molecule has 1 aliphatic rings. The molecule has 1 fully saturated rings. The summed E-state index contributed by atoms with van der Waals surface area (Å²) in [5.41, 5.74) is 2.00. The van der Waals surface area contributed by atoms with E-state index in [1.54, 1.807) is 23.5 Å². The van der Waals surface area contributed by atoms with Crippen molar-refractivity contribution in [3.8, 4) is 11.3 Å². The number of thiazole rings is 1. The van der Waals surface area contributed by atoms with Crippen LogP contribution in [0.5, 0.6) is 0 Å². The lowest BCUT2D eigenvalue weighted by Crippen LogP contribution is -2.32. The van der Waals surface area contributed by atoms with Gasteiger partial charge in [0.1, 0.15) is 5.82 Å². The number of nitrogens with zero attached hydrogens (tertiary/aromatic N) is 1. The van der Waals surface area contributed by atoms with E-state index in [2.05, 4.69) is 12.2 Å². The Morgan fingerprint density at radius 3 is 2.64 bits per heavy atom. The van der Waals surface area contributed by atoms with Gasteiger partial charge >= 0.3 is 0 Å². The Kier molecular flexibility index (Phi) is 5.21. The van der Waals surface area contributed by atoms with Crippen LogP contribution < -0.4 is 5.32 Å². The molecule has 0 amide bonds. The monoisotopic (exact) mass is 318 g/mol. The summed E-state index contributed by atoms with van der Waals surface area (Å²) >= 11 is 1.76. The summed E-state index contributed by atoms with van der Waals surface area (Å²) in [4.78, 5) is 5.96. The van der Waals surface area contributed by atoms with Crippen LogP contribution in [-0.2, 0) is 6.42 Å². The predicted octanol–water partition coefficient (Wildman–Crippen LogP) is 4.72. The zero-order valence-electron chi connectivity index (χ0n) is 13.1. The topological polar surface area (TPSA) is 24.9 Å². The molecule has 0 bridgehead atoms. The Hall–Kier alpha value is -1.26. The second-order valence-corrected chi connectivity index (χ2v) is 7.35. The molecule has 1 aromatic carbocycles. The summed E-state index contributed by atoms with van der Waals surface area (Å²) < 4.78 is 13.0. The average molecular weight is 318 g/mol. The summed E-state index contributed by atoms with van der Waals surface area (Å²) in [7, 11) is 0. The first-order valence-corrected chi connectivity index (χ1v) is 8.99. The lowest BCUT2D eigenvalue weighted by Gasteiger charge is -2.22. The summed E-state index contributed by atoms with van der Waals surface area (Å²) in [6.07, 6.45) is 7.73. The third-order valence-electron chi connectivity index (χ3n) is 4.34. The lowest BCUT2D eigenvalue weighted by atomic mass is 9.95. The van der Waals surface area contributed by atoms with Crippen molar-refractivity contribution in [3.05, 3.63) is 40.0 Å². The van der Waals surface area contributed by atoms with Crippen LogP contribution in [0.15, 0.2) is 24.3 Å². The molecule has 0 spiro atoms. The zero-order valence-corrected chi connectivity index (χ0v) is 13.9. The molecule has 2 nitrogen and oxygen atoms in total. The van der Waals surface area contributed by atoms with E-state index >= 15 is 0 Å². The Balaban J connectivity index is 1.58. The fourth-order valence-electron chi connectivity index (χ4n) is 3.12. The summed E-state index contributed by atoms with van der Waals surface area (Å²) in [5.74, 6) is -0.200. The number of benzene rings is 1. The van der Waals surface area contributed by atoms with Crippen molar-refractivity contribution >= 4 is 11.3 Å². The van der Waals surface area contributed by atoms with Crippen LogP contribution in [-0.4, -0.2) is 17.6 Å². The van der Waals surface area contributed by atoms with Crippen molar-refractivity contribution in [3.63, 3.8) is 0 Å². The maximum absolute atomic E-state index is 13.0. The maximum atomic E-state index is 13.0. The average Bonchev–Trinajstić information content (AvgIpc) is 2.90. The van der Waals surface area contributed by atoms with Crippen LogP contribution in [0.25, 0.3) is 11.3 Å². The number of hydrogen-bond donors (Lipinski definition) is 1. The van der Waals surface area contributed by atoms with Crippen LogP contribution in [0.1, 0.15) is 42.0 Å². The van der Waals surface area contributed by atoms with Gasteiger partial charge in [-0.05, 0) is 44.0 Å². The first kappa shape index (κ1) is 15.6. The van der Waals surface area contributed by atoms with Gasteiger partial charge in [0.2, 0.25) is 0 Å². The maximum Gasteiger partial charge on any atom is 0.123 e. The highest BCUT2D eigenvalue weighted by atomic mass is 32.1. The van der Waals surface area contributed by atoms with E-state index < -0.39 is 0 Å². The minimum Gasteiger partial charge on any atom is -0.314 e. The smallest absolute Gasteiger partial charge is 0.123 e. The van der Waals surface area contributed by atoms with E-state index in [1.807, 2.05) is 0 Å². The molecule has 0 atom stereocenters. The number of aryl methyl sites for hydroxylation is 1. The van der Waals surface area contributed by atoms with Crippen molar-refractivity contribution in [1.29, 1.82) is 0 Å². The molecule has 1 saturated carbocycles. The zero-order chi connectivity index (χ0) is 15.4. The molecule has 4 heteroatoms.